The van der Waals surface area contributed by atoms with Crippen molar-refractivity contribution in [2.45, 2.75) is 58.0 Å². The van der Waals surface area contributed by atoms with E-state index in [-0.39, 0.29) is 0 Å². The minimum absolute atomic E-state index is 0.459. The summed E-state index contributed by atoms with van der Waals surface area (Å²) in [5.74, 6) is 4.00. The first-order valence-electron chi connectivity index (χ1n) is 5.73. The molecule has 1 aliphatic carbocycles. The molecular weight excluding hydrogens is 172 g/mol. The molecular formula is C13H22O. The van der Waals surface area contributed by atoms with Gasteiger partial charge in [0.05, 0.1) is 5.60 Å². The number of terminal acetylenes is 1. The van der Waals surface area contributed by atoms with Gasteiger partial charge in [-0.1, -0.05) is 20.3 Å². The summed E-state index contributed by atoms with van der Waals surface area (Å²) in [5.41, 5.74) is -0.459. The molecule has 1 fully saturated rings. The highest BCUT2D eigenvalue weighted by Gasteiger charge is 2.34. The van der Waals surface area contributed by atoms with Crippen LogP contribution in [0.4, 0.5) is 0 Å². The van der Waals surface area contributed by atoms with Crippen molar-refractivity contribution in [1.82, 2.24) is 0 Å². The fourth-order valence-electron chi connectivity index (χ4n) is 2.49. The van der Waals surface area contributed by atoms with E-state index >= 15 is 0 Å². The minimum atomic E-state index is -0.459. The molecule has 0 amide bonds. The van der Waals surface area contributed by atoms with Gasteiger partial charge in [0.1, 0.15) is 0 Å². The van der Waals surface area contributed by atoms with E-state index in [4.69, 9.17) is 6.42 Å². The maximum absolute atomic E-state index is 10.3. The predicted molar refractivity (Wildman–Crippen MR) is 59.8 cm³/mol. The average Bonchev–Trinajstić information content (AvgIpc) is 2.15. The van der Waals surface area contributed by atoms with Crippen LogP contribution >= 0.6 is 0 Å². The standard InChI is InChI=1S/C13H22O/c1-4-5-8-13(14)9-6-7-12(10-13)11(2)3/h1,11-12,14H,5-10H2,2-3H3. The van der Waals surface area contributed by atoms with E-state index in [9.17, 15) is 5.11 Å². The molecule has 0 aromatic carbocycles. The lowest BCUT2D eigenvalue weighted by atomic mass is 9.72. The van der Waals surface area contributed by atoms with Gasteiger partial charge in [-0.05, 0) is 37.5 Å². The SMILES string of the molecule is C#CCCC1(O)CCCC(C(C)C)C1. The Morgan fingerprint density at radius 2 is 2.29 bits per heavy atom. The van der Waals surface area contributed by atoms with Crippen molar-refractivity contribution in [1.29, 1.82) is 0 Å². The van der Waals surface area contributed by atoms with Crippen molar-refractivity contribution < 1.29 is 5.11 Å². The lowest BCUT2D eigenvalue weighted by Crippen LogP contribution is -2.36. The van der Waals surface area contributed by atoms with Gasteiger partial charge in [-0.2, -0.15) is 0 Å². The first-order valence-corrected chi connectivity index (χ1v) is 5.73. The van der Waals surface area contributed by atoms with Gasteiger partial charge in [-0.25, -0.2) is 0 Å². The second-order valence-electron chi connectivity index (χ2n) is 5.03. The maximum Gasteiger partial charge on any atom is 0.0659 e. The zero-order chi connectivity index (χ0) is 10.6. The van der Waals surface area contributed by atoms with Crippen molar-refractivity contribution in [2.24, 2.45) is 11.8 Å². The number of aliphatic hydroxyl groups is 1. The summed E-state index contributed by atoms with van der Waals surface area (Å²) in [7, 11) is 0. The molecule has 1 nitrogen and oxygen atoms in total. The Labute approximate surface area is 87.9 Å². The van der Waals surface area contributed by atoms with Gasteiger partial charge in [0.15, 0.2) is 0 Å². The Morgan fingerprint density at radius 1 is 1.57 bits per heavy atom. The second-order valence-corrected chi connectivity index (χ2v) is 5.03. The van der Waals surface area contributed by atoms with E-state index in [1.165, 1.54) is 6.42 Å². The van der Waals surface area contributed by atoms with E-state index in [2.05, 4.69) is 19.8 Å². The summed E-state index contributed by atoms with van der Waals surface area (Å²) >= 11 is 0. The highest BCUT2D eigenvalue weighted by Crippen LogP contribution is 2.38. The van der Waals surface area contributed by atoms with E-state index in [0.29, 0.717) is 18.3 Å². The van der Waals surface area contributed by atoms with E-state index in [1.807, 2.05) is 0 Å². The number of hydrogen-bond acceptors (Lipinski definition) is 1. The molecule has 0 aromatic rings. The molecule has 2 atom stereocenters. The Bertz CT molecular complexity index is 214. The molecule has 0 spiro atoms. The largest absolute Gasteiger partial charge is 0.390 e. The third kappa shape index (κ3) is 3.03. The molecule has 1 N–H and O–H groups in total. The van der Waals surface area contributed by atoms with Gasteiger partial charge < -0.3 is 5.11 Å². The molecule has 0 aromatic heterocycles. The first-order chi connectivity index (χ1) is 6.57. The molecule has 0 aliphatic heterocycles. The topological polar surface area (TPSA) is 20.2 Å². The van der Waals surface area contributed by atoms with Crippen LogP contribution in [0.25, 0.3) is 0 Å². The van der Waals surface area contributed by atoms with Crippen molar-refractivity contribution in [3.8, 4) is 12.3 Å². The molecule has 1 saturated carbocycles. The van der Waals surface area contributed by atoms with Gasteiger partial charge in [0, 0.05) is 6.42 Å². The molecule has 14 heavy (non-hydrogen) atoms. The van der Waals surface area contributed by atoms with Crippen LogP contribution in [0.15, 0.2) is 0 Å². The van der Waals surface area contributed by atoms with Crippen LogP contribution in [0, 0.1) is 24.2 Å². The van der Waals surface area contributed by atoms with Crippen LogP contribution in [-0.2, 0) is 0 Å². The molecule has 0 saturated heterocycles. The van der Waals surface area contributed by atoms with Gasteiger partial charge in [-0.3, -0.25) is 0 Å². The summed E-state index contributed by atoms with van der Waals surface area (Å²) in [6.07, 6.45) is 11.1. The fourth-order valence-corrected chi connectivity index (χ4v) is 2.49. The number of rotatable bonds is 3. The van der Waals surface area contributed by atoms with Crippen molar-refractivity contribution in [3.05, 3.63) is 0 Å². The monoisotopic (exact) mass is 194 g/mol. The summed E-state index contributed by atoms with van der Waals surface area (Å²) < 4.78 is 0. The van der Waals surface area contributed by atoms with Crippen molar-refractivity contribution in [3.63, 3.8) is 0 Å². The average molecular weight is 194 g/mol. The van der Waals surface area contributed by atoms with Gasteiger partial charge in [-0.15, -0.1) is 12.3 Å². The van der Waals surface area contributed by atoms with Crippen LogP contribution in [0.3, 0.4) is 0 Å². The normalized spacial score (nSPS) is 32.9. The van der Waals surface area contributed by atoms with Crippen molar-refractivity contribution >= 4 is 0 Å². The summed E-state index contributed by atoms with van der Waals surface area (Å²) in [4.78, 5) is 0. The Balaban J connectivity index is 2.49. The molecule has 0 bridgehead atoms. The summed E-state index contributed by atoms with van der Waals surface area (Å²) in [6, 6.07) is 0. The molecule has 80 valence electrons. The zero-order valence-electron chi connectivity index (χ0n) is 9.42. The van der Waals surface area contributed by atoms with E-state index in [0.717, 1.165) is 25.7 Å². The second kappa shape index (κ2) is 4.84. The number of hydrogen-bond donors (Lipinski definition) is 1. The molecule has 1 rings (SSSR count). The smallest absolute Gasteiger partial charge is 0.0659 e. The highest BCUT2D eigenvalue weighted by molar-refractivity contribution is 4.92. The summed E-state index contributed by atoms with van der Waals surface area (Å²) in [5, 5.41) is 10.3. The lowest BCUT2D eigenvalue weighted by Gasteiger charge is -2.38. The first kappa shape index (κ1) is 11.6. The lowest BCUT2D eigenvalue weighted by molar-refractivity contribution is -0.0299. The van der Waals surface area contributed by atoms with Crippen LogP contribution in [-0.4, -0.2) is 10.7 Å². The van der Waals surface area contributed by atoms with Crippen LogP contribution < -0.4 is 0 Å². The third-order valence-corrected chi connectivity index (χ3v) is 3.54. The minimum Gasteiger partial charge on any atom is -0.390 e. The van der Waals surface area contributed by atoms with Gasteiger partial charge in [0.25, 0.3) is 0 Å². The Hall–Kier alpha value is -0.480. The molecule has 0 heterocycles. The van der Waals surface area contributed by atoms with E-state index in [1.54, 1.807) is 0 Å². The molecule has 2 unspecified atom stereocenters. The van der Waals surface area contributed by atoms with Crippen LogP contribution in [0.5, 0.6) is 0 Å². The molecule has 1 heteroatoms. The summed E-state index contributed by atoms with van der Waals surface area (Å²) in [6.45, 7) is 4.50. The quantitative estimate of drug-likeness (QED) is 0.685. The Morgan fingerprint density at radius 3 is 2.86 bits per heavy atom. The van der Waals surface area contributed by atoms with Crippen LogP contribution in [0.1, 0.15) is 52.4 Å². The molecule has 1 aliphatic rings. The molecule has 0 radical (unpaired) electrons. The Kier molecular flexibility index (Phi) is 4.01. The van der Waals surface area contributed by atoms with Crippen molar-refractivity contribution in [2.75, 3.05) is 0 Å². The zero-order valence-corrected chi connectivity index (χ0v) is 9.42. The third-order valence-electron chi connectivity index (χ3n) is 3.54. The van der Waals surface area contributed by atoms with E-state index < -0.39 is 5.60 Å². The maximum atomic E-state index is 10.3. The van der Waals surface area contributed by atoms with Crippen LogP contribution in [0.2, 0.25) is 0 Å². The highest BCUT2D eigenvalue weighted by atomic mass is 16.3. The fraction of sp³-hybridized carbons (Fsp3) is 0.846. The predicted octanol–water partition coefficient (Wildman–Crippen LogP) is 2.98. The van der Waals surface area contributed by atoms with Gasteiger partial charge in [0.2, 0.25) is 0 Å². The van der Waals surface area contributed by atoms with Gasteiger partial charge >= 0.3 is 0 Å².